The molecule has 0 aliphatic heterocycles. The summed E-state index contributed by atoms with van der Waals surface area (Å²) >= 11 is 0. The third-order valence-corrected chi connectivity index (χ3v) is 1.56. The molecule has 3 nitrogen and oxygen atoms in total. The van der Waals surface area contributed by atoms with Crippen molar-refractivity contribution in [1.29, 1.82) is 0 Å². The van der Waals surface area contributed by atoms with Crippen molar-refractivity contribution in [2.24, 2.45) is 0 Å². The number of carboxylic acid groups (broad SMARTS) is 1. The highest BCUT2D eigenvalue weighted by Gasteiger charge is 2.13. The second-order valence-corrected chi connectivity index (χ2v) is 2.37. The molecular formula is C8H7F2NO2. The Balaban J connectivity index is 3.33. The van der Waals surface area contributed by atoms with Crippen molar-refractivity contribution in [3.05, 3.63) is 29.3 Å². The lowest BCUT2D eigenvalue weighted by molar-refractivity contribution is 0.0697. The summed E-state index contributed by atoms with van der Waals surface area (Å²) in [5.74, 6) is -3.55. The summed E-state index contributed by atoms with van der Waals surface area (Å²) in [6.45, 7) is 0. The van der Waals surface area contributed by atoms with Gasteiger partial charge in [-0.3, -0.25) is 0 Å². The Hall–Kier alpha value is -1.65. The van der Waals surface area contributed by atoms with E-state index in [2.05, 4.69) is 5.32 Å². The molecule has 1 aromatic rings. The van der Waals surface area contributed by atoms with Crippen molar-refractivity contribution in [3.8, 4) is 0 Å². The van der Waals surface area contributed by atoms with Gasteiger partial charge in [0.15, 0.2) is 11.6 Å². The molecule has 0 spiro atoms. The molecule has 13 heavy (non-hydrogen) atoms. The van der Waals surface area contributed by atoms with Gasteiger partial charge in [-0.25, -0.2) is 13.6 Å². The van der Waals surface area contributed by atoms with Crippen LogP contribution in [-0.4, -0.2) is 18.1 Å². The van der Waals surface area contributed by atoms with Gasteiger partial charge in [-0.1, -0.05) is 0 Å². The van der Waals surface area contributed by atoms with Crippen LogP contribution in [0.25, 0.3) is 0 Å². The molecule has 0 aliphatic rings. The second kappa shape index (κ2) is 3.38. The Bertz CT molecular complexity index is 352. The third-order valence-electron chi connectivity index (χ3n) is 1.56. The molecule has 0 saturated carbocycles. The molecule has 0 atom stereocenters. The molecule has 0 saturated heterocycles. The minimum Gasteiger partial charge on any atom is -0.478 e. The van der Waals surface area contributed by atoms with Crippen LogP contribution in [0.3, 0.4) is 0 Å². The number of nitrogens with one attached hydrogen (secondary N) is 1. The fraction of sp³-hybridized carbons (Fsp3) is 0.125. The van der Waals surface area contributed by atoms with Crippen LogP contribution in [0.1, 0.15) is 10.4 Å². The van der Waals surface area contributed by atoms with Crippen molar-refractivity contribution < 1.29 is 18.7 Å². The molecule has 1 aromatic carbocycles. The number of rotatable bonds is 2. The number of hydrogen-bond donors (Lipinski definition) is 2. The number of halogens is 2. The van der Waals surface area contributed by atoms with E-state index in [4.69, 9.17) is 5.11 Å². The van der Waals surface area contributed by atoms with Gasteiger partial charge in [-0.15, -0.1) is 0 Å². The highest BCUT2D eigenvalue weighted by atomic mass is 19.2. The first-order valence-corrected chi connectivity index (χ1v) is 3.46. The summed E-state index contributed by atoms with van der Waals surface area (Å²) in [5.41, 5.74) is -0.243. The van der Waals surface area contributed by atoms with Gasteiger partial charge in [0.2, 0.25) is 0 Å². The Morgan fingerprint density at radius 3 is 2.38 bits per heavy atom. The average molecular weight is 187 g/mol. The number of benzene rings is 1. The second-order valence-electron chi connectivity index (χ2n) is 2.37. The lowest BCUT2D eigenvalue weighted by atomic mass is 10.1. The van der Waals surface area contributed by atoms with Crippen LogP contribution in [0.5, 0.6) is 0 Å². The minimum atomic E-state index is -1.30. The number of anilines is 1. The van der Waals surface area contributed by atoms with Crippen molar-refractivity contribution in [2.75, 3.05) is 12.4 Å². The zero-order valence-corrected chi connectivity index (χ0v) is 6.77. The molecule has 1 rings (SSSR count). The van der Waals surface area contributed by atoms with E-state index >= 15 is 0 Å². The zero-order chi connectivity index (χ0) is 10.0. The zero-order valence-electron chi connectivity index (χ0n) is 6.77. The van der Waals surface area contributed by atoms with Crippen molar-refractivity contribution in [1.82, 2.24) is 0 Å². The smallest absolute Gasteiger partial charge is 0.337 e. The van der Waals surface area contributed by atoms with E-state index in [9.17, 15) is 13.6 Å². The van der Waals surface area contributed by atoms with Crippen molar-refractivity contribution >= 4 is 11.7 Å². The van der Waals surface area contributed by atoms with Gasteiger partial charge in [-0.05, 0) is 6.07 Å². The monoisotopic (exact) mass is 187 g/mol. The maximum Gasteiger partial charge on any atom is 0.337 e. The highest BCUT2D eigenvalue weighted by molar-refractivity contribution is 5.94. The molecule has 0 bridgehead atoms. The fourth-order valence-corrected chi connectivity index (χ4v) is 0.931. The van der Waals surface area contributed by atoms with Gasteiger partial charge in [0.25, 0.3) is 0 Å². The summed E-state index contributed by atoms with van der Waals surface area (Å²) in [5, 5.41) is 11.0. The average Bonchev–Trinajstić information content (AvgIpc) is 2.08. The molecule has 0 aliphatic carbocycles. The van der Waals surface area contributed by atoms with Crippen molar-refractivity contribution in [2.45, 2.75) is 0 Å². The fourth-order valence-electron chi connectivity index (χ4n) is 0.931. The van der Waals surface area contributed by atoms with Crippen LogP contribution in [0.2, 0.25) is 0 Å². The van der Waals surface area contributed by atoms with E-state index in [1.807, 2.05) is 0 Å². The van der Waals surface area contributed by atoms with Gasteiger partial charge < -0.3 is 10.4 Å². The van der Waals surface area contributed by atoms with Crippen LogP contribution in [0, 0.1) is 11.6 Å². The van der Waals surface area contributed by atoms with E-state index in [-0.39, 0.29) is 11.3 Å². The van der Waals surface area contributed by atoms with Gasteiger partial charge in [0, 0.05) is 13.1 Å². The third kappa shape index (κ3) is 1.74. The lowest BCUT2D eigenvalue weighted by Crippen LogP contribution is -2.04. The van der Waals surface area contributed by atoms with E-state index in [0.29, 0.717) is 6.07 Å². The lowest BCUT2D eigenvalue weighted by Gasteiger charge is -2.05. The Morgan fingerprint density at radius 1 is 1.38 bits per heavy atom. The number of aromatic carboxylic acids is 1. The molecule has 0 aromatic heterocycles. The Kier molecular flexibility index (Phi) is 2.46. The van der Waals surface area contributed by atoms with Gasteiger partial charge in [-0.2, -0.15) is 0 Å². The first kappa shape index (κ1) is 9.44. The molecule has 0 radical (unpaired) electrons. The molecule has 0 fully saturated rings. The molecular weight excluding hydrogens is 180 g/mol. The summed E-state index contributed by atoms with van der Waals surface area (Å²) in [7, 11) is 1.43. The van der Waals surface area contributed by atoms with E-state index < -0.39 is 17.6 Å². The van der Waals surface area contributed by atoms with Gasteiger partial charge in [0.05, 0.1) is 11.3 Å². The molecule has 2 N–H and O–H groups in total. The van der Waals surface area contributed by atoms with Crippen LogP contribution >= 0.6 is 0 Å². The summed E-state index contributed by atoms with van der Waals surface area (Å²) in [6.07, 6.45) is 0. The maximum absolute atomic E-state index is 12.6. The molecule has 70 valence electrons. The number of carboxylic acids is 1. The molecule has 0 heterocycles. The van der Waals surface area contributed by atoms with E-state index in [1.165, 1.54) is 7.05 Å². The first-order valence-electron chi connectivity index (χ1n) is 3.46. The Labute approximate surface area is 73.0 Å². The maximum atomic E-state index is 12.6. The van der Waals surface area contributed by atoms with Crippen LogP contribution in [-0.2, 0) is 0 Å². The van der Waals surface area contributed by atoms with E-state index in [1.54, 1.807) is 0 Å². The summed E-state index contributed by atoms with van der Waals surface area (Å²) in [4.78, 5) is 10.5. The summed E-state index contributed by atoms with van der Waals surface area (Å²) in [6, 6.07) is 1.45. The normalized spacial score (nSPS) is 9.77. The predicted molar refractivity (Wildman–Crippen MR) is 42.9 cm³/mol. The predicted octanol–water partition coefficient (Wildman–Crippen LogP) is 1.70. The largest absolute Gasteiger partial charge is 0.478 e. The first-order chi connectivity index (χ1) is 6.06. The standard InChI is InChI=1S/C8H7F2NO2/c1-11-7-3-6(10)5(9)2-4(7)8(12)13/h2-3,11H,1H3,(H,12,13). The quantitative estimate of drug-likeness (QED) is 0.740. The highest BCUT2D eigenvalue weighted by Crippen LogP contribution is 2.19. The van der Waals surface area contributed by atoms with Crippen molar-refractivity contribution in [3.63, 3.8) is 0 Å². The molecule has 0 amide bonds. The Morgan fingerprint density at radius 2 is 1.92 bits per heavy atom. The van der Waals surface area contributed by atoms with Crippen LogP contribution < -0.4 is 5.32 Å². The minimum absolute atomic E-state index is 0.0476. The number of hydrogen-bond acceptors (Lipinski definition) is 2. The molecule has 5 heteroatoms. The topological polar surface area (TPSA) is 49.3 Å². The van der Waals surface area contributed by atoms with Crippen LogP contribution in [0.15, 0.2) is 12.1 Å². The summed E-state index contributed by atoms with van der Waals surface area (Å²) < 4.78 is 25.2. The van der Waals surface area contributed by atoms with E-state index in [0.717, 1.165) is 6.07 Å². The molecule has 0 unspecified atom stereocenters. The number of carbonyl (C=O) groups is 1. The van der Waals surface area contributed by atoms with Crippen LogP contribution in [0.4, 0.5) is 14.5 Å². The SMILES string of the molecule is CNc1cc(F)c(F)cc1C(=O)O. The van der Waals surface area contributed by atoms with Gasteiger partial charge >= 0.3 is 5.97 Å². The van der Waals surface area contributed by atoms with Gasteiger partial charge in [0.1, 0.15) is 0 Å².